The van der Waals surface area contributed by atoms with Gasteiger partial charge in [0, 0.05) is 17.9 Å². The number of amidine groups is 1. The molecule has 0 aliphatic carbocycles. The number of nitrogens with one attached hydrogen (secondary N) is 1. The molecule has 1 aromatic carbocycles. The van der Waals surface area contributed by atoms with E-state index in [0.29, 0.717) is 17.8 Å². The normalized spacial score (nSPS) is 15.3. The highest BCUT2D eigenvalue weighted by Crippen LogP contribution is 2.21. The third-order valence-corrected chi connectivity index (χ3v) is 2.73. The SMILES string of the molecule is Fc1cc(F)c(NC2=NCCS2)cc1F. The largest absolute Gasteiger partial charge is 0.333 e. The van der Waals surface area contributed by atoms with Crippen molar-refractivity contribution in [3.05, 3.63) is 29.6 Å². The van der Waals surface area contributed by atoms with Crippen molar-refractivity contribution in [1.29, 1.82) is 0 Å². The van der Waals surface area contributed by atoms with Gasteiger partial charge in [0.1, 0.15) is 5.82 Å². The minimum absolute atomic E-state index is 0.0953. The van der Waals surface area contributed by atoms with E-state index in [2.05, 4.69) is 10.3 Å². The summed E-state index contributed by atoms with van der Waals surface area (Å²) >= 11 is 1.41. The number of nitrogens with zero attached hydrogens (tertiary/aromatic N) is 1. The predicted octanol–water partition coefficient (Wildman–Crippen LogP) is 2.62. The van der Waals surface area contributed by atoms with Crippen LogP contribution in [-0.4, -0.2) is 17.5 Å². The third kappa shape index (κ3) is 2.26. The van der Waals surface area contributed by atoms with Crippen molar-refractivity contribution in [2.45, 2.75) is 0 Å². The smallest absolute Gasteiger partial charge is 0.161 e. The number of thioether (sulfide) groups is 1. The van der Waals surface area contributed by atoms with Crippen LogP contribution in [-0.2, 0) is 0 Å². The molecule has 2 nitrogen and oxygen atoms in total. The highest BCUT2D eigenvalue weighted by atomic mass is 32.2. The molecule has 1 aliphatic rings. The first-order chi connectivity index (χ1) is 7.16. The third-order valence-electron chi connectivity index (χ3n) is 1.84. The summed E-state index contributed by atoms with van der Waals surface area (Å²) in [7, 11) is 0. The lowest BCUT2D eigenvalue weighted by Crippen LogP contribution is -2.07. The molecule has 80 valence electrons. The van der Waals surface area contributed by atoms with Gasteiger partial charge < -0.3 is 5.32 Å². The summed E-state index contributed by atoms with van der Waals surface area (Å²) in [6.45, 7) is 0.651. The first kappa shape index (κ1) is 10.4. The summed E-state index contributed by atoms with van der Waals surface area (Å²) in [6.07, 6.45) is 0. The van der Waals surface area contributed by atoms with Crippen molar-refractivity contribution < 1.29 is 13.2 Å². The number of rotatable bonds is 1. The van der Waals surface area contributed by atoms with Crippen LogP contribution in [0.15, 0.2) is 17.1 Å². The molecule has 0 aromatic heterocycles. The molecule has 0 radical (unpaired) electrons. The van der Waals surface area contributed by atoms with Crippen LogP contribution < -0.4 is 5.32 Å². The molecule has 1 aliphatic heterocycles. The Morgan fingerprint density at radius 3 is 2.53 bits per heavy atom. The molecule has 0 spiro atoms. The van der Waals surface area contributed by atoms with E-state index in [-0.39, 0.29) is 5.69 Å². The number of aliphatic imine (C=N–C) groups is 1. The Kier molecular flexibility index (Phi) is 2.86. The molecule has 0 amide bonds. The predicted molar refractivity (Wildman–Crippen MR) is 54.7 cm³/mol. The molecule has 6 heteroatoms. The second-order valence-corrected chi connectivity index (χ2v) is 3.99. The van der Waals surface area contributed by atoms with Crippen LogP contribution in [0, 0.1) is 17.5 Å². The van der Waals surface area contributed by atoms with Crippen LogP contribution in [0.25, 0.3) is 0 Å². The highest BCUT2D eigenvalue weighted by Gasteiger charge is 2.13. The molecule has 0 saturated heterocycles. The Labute approximate surface area is 88.6 Å². The van der Waals surface area contributed by atoms with Gasteiger partial charge >= 0.3 is 0 Å². The van der Waals surface area contributed by atoms with Gasteiger partial charge in [0.2, 0.25) is 0 Å². The number of halogens is 3. The topological polar surface area (TPSA) is 24.4 Å². The van der Waals surface area contributed by atoms with Gasteiger partial charge in [-0.25, -0.2) is 13.2 Å². The lowest BCUT2D eigenvalue weighted by atomic mass is 10.3. The van der Waals surface area contributed by atoms with E-state index in [0.717, 1.165) is 11.8 Å². The van der Waals surface area contributed by atoms with Gasteiger partial charge in [-0.1, -0.05) is 11.8 Å². The number of anilines is 1. The molecule has 0 fully saturated rings. The van der Waals surface area contributed by atoms with Crippen molar-refractivity contribution in [2.24, 2.45) is 4.99 Å². The van der Waals surface area contributed by atoms with E-state index in [9.17, 15) is 13.2 Å². The van der Waals surface area contributed by atoms with Gasteiger partial charge in [0.15, 0.2) is 16.8 Å². The maximum absolute atomic E-state index is 13.2. The molecule has 0 atom stereocenters. The summed E-state index contributed by atoms with van der Waals surface area (Å²) in [5, 5.41) is 3.14. The molecule has 1 aromatic rings. The number of hydrogen-bond acceptors (Lipinski definition) is 3. The van der Waals surface area contributed by atoms with Crippen LogP contribution in [0.5, 0.6) is 0 Å². The van der Waals surface area contributed by atoms with Gasteiger partial charge in [-0.05, 0) is 0 Å². The van der Waals surface area contributed by atoms with E-state index in [1.54, 1.807) is 0 Å². The van der Waals surface area contributed by atoms with Crippen molar-refractivity contribution in [2.75, 3.05) is 17.6 Å². The Morgan fingerprint density at radius 2 is 1.87 bits per heavy atom. The van der Waals surface area contributed by atoms with E-state index in [4.69, 9.17) is 0 Å². The van der Waals surface area contributed by atoms with Gasteiger partial charge in [-0.2, -0.15) is 0 Å². The van der Waals surface area contributed by atoms with Crippen LogP contribution in [0.2, 0.25) is 0 Å². The maximum Gasteiger partial charge on any atom is 0.161 e. The zero-order valence-electron chi connectivity index (χ0n) is 7.56. The molecular formula is C9H7F3N2S. The van der Waals surface area contributed by atoms with E-state index < -0.39 is 17.5 Å². The lowest BCUT2D eigenvalue weighted by Gasteiger charge is -2.06. The average molecular weight is 232 g/mol. The Morgan fingerprint density at radius 1 is 1.13 bits per heavy atom. The van der Waals surface area contributed by atoms with Crippen LogP contribution >= 0.6 is 11.8 Å². The number of hydrogen-bond donors (Lipinski definition) is 1. The van der Waals surface area contributed by atoms with Crippen molar-refractivity contribution in [1.82, 2.24) is 0 Å². The Hall–Kier alpha value is -1.17. The minimum atomic E-state index is -1.20. The van der Waals surface area contributed by atoms with Gasteiger partial charge in [-0.15, -0.1) is 0 Å². The zero-order valence-corrected chi connectivity index (χ0v) is 8.37. The average Bonchev–Trinajstić information content (AvgIpc) is 2.67. The van der Waals surface area contributed by atoms with Crippen LogP contribution in [0.4, 0.5) is 18.9 Å². The van der Waals surface area contributed by atoms with Crippen molar-refractivity contribution in [3.8, 4) is 0 Å². The van der Waals surface area contributed by atoms with E-state index >= 15 is 0 Å². The van der Waals surface area contributed by atoms with Crippen molar-refractivity contribution in [3.63, 3.8) is 0 Å². The molecule has 15 heavy (non-hydrogen) atoms. The quantitative estimate of drug-likeness (QED) is 0.753. The number of benzene rings is 1. The highest BCUT2D eigenvalue weighted by molar-refractivity contribution is 8.14. The summed E-state index contributed by atoms with van der Waals surface area (Å²) in [6, 6.07) is 1.30. The standard InChI is InChI=1S/C9H7F3N2S/c10-5-3-7(12)8(4-6(5)11)14-9-13-1-2-15-9/h3-4H,1-2H2,(H,13,14). The van der Waals surface area contributed by atoms with E-state index in [1.165, 1.54) is 11.8 Å². The second-order valence-electron chi connectivity index (χ2n) is 2.91. The van der Waals surface area contributed by atoms with Crippen molar-refractivity contribution >= 4 is 22.6 Å². The first-order valence-electron chi connectivity index (χ1n) is 4.25. The van der Waals surface area contributed by atoms with Gasteiger partial charge in [0.25, 0.3) is 0 Å². The van der Waals surface area contributed by atoms with Gasteiger partial charge in [0.05, 0.1) is 12.2 Å². The fourth-order valence-electron chi connectivity index (χ4n) is 1.14. The van der Waals surface area contributed by atoms with Gasteiger partial charge in [-0.3, -0.25) is 4.99 Å². The molecule has 1 heterocycles. The van der Waals surface area contributed by atoms with Crippen LogP contribution in [0.3, 0.4) is 0 Å². The van der Waals surface area contributed by atoms with Crippen LogP contribution in [0.1, 0.15) is 0 Å². The fourth-order valence-corrected chi connectivity index (χ4v) is 1.88. The molecule has 0 bridgehead atoms. The zero-order chi connectivity index (χ0) is 10.8. The summed E-state index contributed by atoms with van der Waals surface area (Å²) in [5.41, 5.74) is -0.0953. The Bertz CT molecular complexity index is 420. The van der Waals surface area contributed by atoms with E-state index in [1.807, 2.05) is 0 Å². The molecule has 2 rings (SSSR count). The monoisotopic (exact) mass is 232 g/mol. The molecule has 0 saturated carbocycles. The second kappa shape index (κ2) is 4.14. The Balaban J connectivity index is 2.24. The first-order valence-corrected chi connectivity index (χ1v) is 5.24. The fraction of sp³-hybridized carbons (Fsp3) is 0.222. The lowest BCUT2D eigenvalue weighted by molar-refractivity contribution is 0.496. The molecule has 1 N–H and O–H groups in total. The summed E-state index contributed by atoms with van der Waals surface area (Å²) in [4.78, 5) is 4.01. The summed E-state index contributed by atoms with van der Waals surface area (Å²) < 4.78 is 38.6. The minimum Gasteiger partial charge on any atom is -0.333 e. The summed E-state index contributed by atoms with van der Waals surface area (Å²) in [5.74, 6) is -2.29. The molecule has 0 unspecified atom stereocenters. The maximum atomic E-state index is 13.2. The molecular weight excluding hydrogens is 225 g/mol.